The third-order valence-electron chi connectivity index (χ3n) is 2.75. The quantitative estimate of drug-likeness (QED) is 0.717. The Morgan fingerprint density at radius 1 is 1.35 bits per heavy atom. The number of terminal acetylenes is 1. The number of hydrogen-bond acceptors (Lipinski definition) is 1. The van der Waals surface area contributed by atoms with E-state index < -0.39 is 11.6 Å². The largest absolute Gasteiger partial charge is 0.337 e. The van der Waals surface area contributed by atoms with Crippen molar-refractivity contribution in [2.45, 2.75) is 13.0 Å². The van der Waals surface area contributed by atoms with Gasteiger partial charge in [0.1, 0.15) is 11.6 Å². The second-order valence-corrected chi connectivity index (χ2v) is 4.12. The predicted molar refractivity (Wildman–Crippen MR) is 58.7 cm³/mol. The van der Waals surface area contributed by atoms with E-state index in [4.69, 9.17) is 6.42 Å². The topological polar surface area (TPSA) is 20.3 Å². The molecule has 1 heterocycles. The number of carbonyl (C=O) groups is 1. The molecule has 1 aromatic carbocycles. The second kappa shape index (κ2) is 4.54. The summed E-state index contributed by atoms with van der Waals surface area (Å²) in [5, 5.41) is 0. The highest BCUT2D eigenvalue weighted by Crippen LogP contribution is 2.20. The molecule has 0 saturated carbocycles. The van der Waals surface area contributed by atoms with Crippen molar-refractivity contribution in [2.75, 3.05) is 6.54 Å². The molecule has 0 aliphatic carbocycles. The lowest BCUT2D eigenvalue weighted by atomic mass is 10.1. The van der Waals surface area contributed by atoms with Crippen molar-refractivity contribution in [1.82, 2.24) is 4.90 Å². The minimum atomic E-state index is -0.639. The van der Waals surface area contributed by atoms with Gasteiger partial charge in [-0.25, -0.2) is 8.78 Å². The van der Waals surface area contributed by atoms with Crippen LogP contribution in [0.4, 0.5) is 8.78 Å². The molecule has 0 aromatic heterocycles. The number of halogens is 2. The smallest absolute Gasteiger partial charge is 0.224 e. The van der Waals surface area contributed by atoms with Gasteiger partial charge in [0.05, 0.1) is 0 Å². The first kappa shape index (κ1) is 11.6. The summed E-state index contributed by atoms with van der Waals surface area (Å²) >= 11 is 0. The van der Waals surface area contributed by atoms with Crippen LogP contribution >= 0.6 is 0 Å². The highest BCUT2D eigenvalue weighted by molar-refractivity contribution is 5.79. The number of carbonyl (C=O) groups excluding carboxylic acids is 1. The van der Waals surface area contributed by atoms with Gasteiger partial charge in [0.15, 0.2) is 0 Å². The Kier molecular flexibility index (Phi) is 3.10. The molecule has 0 spiro atoms. The second-order valence-electron chi connectivity index (χ2n) is 4.12. The molecule has 1 aliphatic heterocycles. The Labute approximate surface area is 98.2 Å². The number of likely N-dealkylation sites (tertiary alicyclic amines) is 1. The Hall–Kier alpha value is -1.89. The van der Waals surface area contributed by atoms with Crippen molar-refractivity contribution >= 4 is 5.91 Å². The summed E-state index contributed by atoms with van der Waals surface area (Å²) in [5.41, 5.74) is 0.438. The van der Waals surface area contributed by atoms with Crippen molar-refractivity contribution in [2.24, 2.45) is 5.92 Å². The van der Waals surface area contributed by atoms with Gasteiger partial charge in [-0.2, -0.15) is 0 Å². The van der Waals surface area contributed by atoms with E-state index in [9.17, 15) is 13.6 Å². The zero-order valence-corrected chi connectivity index (χ0v) is 9.12. The third kappa shape index (κ3) is 2.62. The summed E-state index contributed by atoms with van der Waals surface area (Å²) in [6.07, 6.45) is 5.56. The fraction of sp³-hybridized carbons (Fsp3) is 0.308. The van der Waals surface area contributed by atoms with Gasteiger partial charge in [-0.3, -0.25) is 4.79 Å². The van der Waals surface area contributed by atoms with Crippen molar-refractivity contribution in [3.8, 4) is 12.3 Å². The van der Waals surface area contributed by atoms with E-state index in [-0.39, 0.29) is 18.4 Å². The molecule has 1 fully saturated rings. The maximum Gasteiger partial charge on any atom is 0.224 e. The molecule has 1 unspecified atom stereocenters. The van der Waals surface area contributed by atoms with Crippen molar-refractivity contribution in [3.05, 3.63) is 35.4 Å². The van der Waals surface area contributed by atoms with Crippen molar-refractivity contribution in [3.63, 3.8) is 0 Å². The molecule has 2 nitrogen and oxygen atoms in total. The summed E-state index contributed by atoms with van der Waals surface area (Å²) in [6, 6.07) is 3.25. The molecule has 0 radical (unpaired) electrons. The lowest BCUT2D eigenvalue weighted by Gasteiger charge is -2.15. The summed E-state index contributed by atoms with van der Waals surface area (Å²) in [4.78, 5) is 13.1. The van der Waals surface area contributed by atoms with Gasteiger partial charge in [0, 0.05) is 31.5 Å². The van der Waals surface area contributed by atoms with E-state index in [1.807, 2.05) is 0 Å². The van der Waals surface area contributed by atoms with Crippen LogP contribution in [0.3, 0.4) is 0 Å². The molecular formula is C13H11F2NO. The fourth-order valence-electron chi connectivity index (χ4n) is 1.96. The molecule has 1 aliphatic rings. The summed E-state index contributed by atoms with van der Waals surface area (Å²) in [5.74, 6) is 1.08. The molecular weight excluding hydrogens is 224 g/mol. The fourth-order valence-corrected chi connectivity index (χ4v) is 1.96. The van der Waals surface area contributed by atoms with E-state index in [1.54, 1.807) is 0 Å². The highest BCUT2D eigenvalue weighted by atomic mass is 19.1. The number of hydrogen-bond donors (Lipinski definition) is 0. The van der Waals surface area contributed by atoms with Crippen LogP contribution in [-0.4, -0.2) is 17.4 Å². The predicted octanol–water partition coefficient (Wildman–Crippen LogP) is 1.95. The Balaban J connectivity index is 2.11. The van der Waals surface area contributed by atoms with Crippen molar-refractivity contribution in [1.29, 1.82) is 0 Å². The van der Waals surface area contributed by atoms with Gasteiger partial charge in [0.2, 0.25) is 5.91 Å². The zero-order valence-electron chi connectivity index (χ0n) is 9.12. The summed E-state index contributed by atoms with van der Waals surface area (Å²) in [7, 11) is 0. The molecule has 1 aromatic rings. The Morgan fingerprint density at radius 2 is 2.00 bits per heavy atom. The number of rotatable bonds is 2. The standard InChI is InChI=1S/C13H11F2NO/c1-2-9-5-13(17)16(7-9)8-10-3-11(14)6-12(15)4-10/h1,3-4,6,9H,5,7-8H2. The van der Waals surface area contributed by atoms with Crippen LogP contribution in [0.5, 0.6) is 0 Å². The summed E-state index contributed by atoms with van der Waals surface area (Å²) < 4.78 is 25.9. The van der Waals surface area contributed by atoms with E-state index in [0.29, 0.717) is 18.5 Å². The minimum Gasteiger partial charge on any atom is -0.337 e. The van der Waals surface area contributed by atoms with Gasteiger partial charge in [0.25, 0.3) is 0 Å². The van der Waals surface area contributed by atoms with E-state index in [2.05, 4.69) is 5.92 Å². The Morgan fingerprint density at radius 3 is 2.53 bits per heavy atom. The first-order valence-electron chi connectivity index (χ1n) is 5.27. The van der Waals surface area contributed by atoms with E-state index >= 15 is 0 Å². The average Bonchev–Trinajstić information content (AvgIpc) is 2.58. The maximum atomic E-state index is 13.0. The highest BCUT2D eigenvalue weighted by Gasteiger charge is 2.28. The normalized spacial score (nSPS) is 19.5. The first-order valence-corrected chi connectivity index (χ1v) is 5.27. The average molecular weight is 235 g/mol. The zero-order chi connectivity index (χ0) is 12.4. The molecule has 1 saturated heterocycles. The molecule has 0 bridgehead atoms. The monoisotopic (exact) mass is 235 g/mol. The maximum absolute atomic E-state index is 13.0. The van der Waals surface area contributed by atoms with Crippen LogP contribution in [0.2, 0.25) is 0 Å². The van der Waals surface area contributed by atoms with Crippen LogP contribution in [0, 0.1) is 29.9 Å². The van der Waals surface area contributed by atoms with Gasteiger partial charge in [-0.05, 0) is 17.7 Å². The van der Waals surface area contributed by atoms with Gasteiger partial charge < -0.3 is 4.90 Å². The van der Waals surface area contributed by atoms with Gasteiger partial charge >= 0.3 is 0 Å². The third-order valence-corrected chi connectivity index (χ3v) is 2.75. The van der Waals surface area contributed by atoms with Crippen LogP contribution in [0.1, 0.15) is 12.0 Å². The lowest BCUT2D eigenvalue weighted by Crippen LogP contribution is -2.24. The van der Waals surface area contributed by atoms with Crippen molar-refractivity contribution < 1.29 is 13.6 Å². The molecule has 88 valence electrons. The molecule has 17 heavy (non-hydrogen) atoms. The molecule has 2 rings (SSSR count). The Bertz CT molecular complexity index is 472. The van der Waals surface area contributed by atoms with Crippen LogP contribution in [0.25, 0.3) is 0 Å². The molecule has 0 N–H and O–H groups in total. The first-order chi connectivity index (χ1) is 8.08. The number of benzene rings is 1. The SMILES string of the molecule is C#CC1CC(=O)N(Cc2cc(F)cc(F)c2)C1. The van der Waals surface area contributed by atoms with Crippen LogP contribution in [0.15, 0.2) is 18.2 Å². The lowest BCUT2D eigenvalue weighted by molar-refractivity contribution is -0.128. The number of nitrogens with zero attached hydrogens (tertiary/aromatic N) is 1. The molecule has 1 amide bonds. The van der Waals surface area contributed by atoms with Gasteiger partial charge in [-0.15, -0.1) is 12.3 Å². The van der Waals surface area contributed by atoms with E-state index in [1.165, 1.54) is 17.0 Å². The summed E-state index contributed by atoms with van der Waals surface area (Å²) in [6.45, 7) is 0.652. The van der Waals surface area contributed by atoms with Gasteiger partial charge in [-0.1, -0.05) is 0 Å². The minimum absolute atomic E-state index is 0.0716. The molecule has 4 heteroatoms. The van der Waals surface area contributed by atoms with Crippen LogP contribution < -0.4 is 0 Å². The van der Waals surface area contributed by atoms with Crippen LogP contribution in [-0.2, 0) is 11.3 Å². The van der Waals surface area contributed by atoms with E-state index in [0.717, 1.165) is 6.07 Å². The number of amides is 1. The molecule has 1 atom stereocenters.